The average Bonchev–Trinajstić information content (AvgIpc) is 2.45. The van der Waals surface area contributed by atoms with Crippen molar-refractivity contribution in [2.24, 2.45) is 16.5 Å². The third-order valence-corrected chi connectivity index (χ3v) is 4.24. The first kappa shape index (κ1) is 14.9. The minimum absolute atomic E-state index is 0.220. The summed E-state index contributed by atoms with van der Waals surface area (Å²) in [7, 11) is 0. The number of hydrogen-bond acceptors (Lipinski definition) is 4. The van der Waals surface area contributed by atoms with E-state index in [-0.39, 0.29) is 5.92 Å². The molecule has 0 saturated carbocycles. The van der Waals surface area contributed by atoms with Gasteiger partial charge in [-0.2, -0.15) is 13.2 Å². The molecule has 0 saturated heterocycles. The summed E-state index contributed by atoms with van der Waals surface area (Å²) >= 11 is 0. The van der Waals surface area contributed by atoms with E-state index in [0.29, 0.717) is 0 Å². The molecule has 7 heteroatoms. The molecule has 1 aromatic carbocycles. The van der Waals surface area contributed by atoms with Crippen molar-refractivity contribution in [3.63, 3.8) is 0 Å². The van der Waals surface area contributed by atoms with Crippen LogP contribution in [0.5, 0.6) is 0 Å². The van der Waals surface area contributed by atoms with Gasteiger partial charge in [-0.3, -0.25) is 5.73 Å². The summed E-state index contributed by atoms with van der Waals surface area (Å²) in [5, 5.41) is 2.62. The molecule has 1 heterocycles. The molecule has 1 aliphatic carbocycles. The van der Waals surface area contributed by atoms with E-state index in [1.54, 1.807) is 0 Å². The van der Waals surface area contributed by atoms with Crippen LogP contribution in [0, 0.1) is 0 Å². The first-order valence-corrected chi connectivity index (χ1v) is 7.09. The van der Waals surface area contributed by atoms with Gasteiger partial charge in [-0.05, 0) is 30.4 Å². The van der Waals surface area contributed by atoms with E-state index < -0.39 is 23.4 Å². The van der Waals surface area contributed by atoms with Crippen molar-refractivity contribution in [3.8, 4) is 0 Å². The largest absolute Gasteiger partial charge is 0.421 e. The quantitative estimate of drug-likeness (QED) is 0.743. The van der Waals surface area contributed by atoms with E-state index in [1.807, 2.05) is 24.3 Å². The van der Waals surface area contributed by atoms with Crippen LogP contribution in [-0.2, 0) is 6.42 Å². The Balaban J connectivity index is 1.96. The summed E-state index contributed by atoms with van der Waals surface area (Å²) in [6, 6.07) is 7.80. The van der Waals surface area contributed by atoms with Gasteiger partial charge in [0.05, 0.1) is 0 Å². The zero-order valence-corrected chi connectivity index (χ0v) is 11.8. The highest BCUT2D eigenvalue weighted by atomic mass is 19.4. The number of benzene rings is 1. The topological polar surface area (TPSA) is 76.4 Å². The molecule has 0 bridgehead atoms. The summed E-state index contributed by atoms with van der Waals surface area (Å²) in [6.45, 7) is 0. The molecule has 2 atom stereocenters. The van der Waals surface area contributed by atoms with E-state index >= 15 is 0 Å². The maximum atomic E-state index is 12.8. The second kappa shape index (κ2) is 5.01. The van der Waals surface area contributed by atoms with Gasteiger partial charge < -0.3 is 11.1 Å². The summed E-state index contributed by atoms with van der Waals surface area (Å²) in [5.41, 5.74) is 12.9. The van der Waals surface area contributed by atoms with Gasteiger partial charge in [-0.15, -0.1) is 0 Å². The maximum Gasteiger partial charge on any atom is 0.421 e. The van der Waals surface area contributed by atoms with Gasteiger partial charge in [0.1, 0.15) is 11.4 Å². The lowest BCUT2D eigenvalue weighted by Gasteiger charge is -2.40. The standard InChI is InChI=1S/C15H17F3N4/c16-14(17,18)12-8-21-15(20,22-13(12)19)11-7-3-5-9-4-1-2-6-10(9)11/h1-2,4,6,8,11,21H,3,5,7,20H2,(H2,19,22)/t11-,15?/m1/s1. The second-order valence-corrected chi connectivity index (χ2v) is 5.67. The first-order valence-electron chi connectivity index (χ1n) is 7.09. The summed E-state index contributed by atoms with van der Waals surface area (Å²) in [4.78, 5) is 3.96. The van der Waals surface area contributed by atoms with Crippen LogP contribution >= 0.6 is 0 Å². The van der Waals surface area contributed by atoms with Gasteiger partial charge in [-0.25, -0.2) is 4.99 Å². The molecule has 3 rings (SSSR count). The Labute approximate surface area is 126 Å². The summed E-state index contributed by atoms with van der Waals surface area (Å²) < 4.78 is 38.4. The lowest BCUT2D eigenvalue weighted by atomic mass is 9.78. The first-order chi connectivity index (χ1) is 10.3. The van der Waals surface area contributed by atoms with Crippen LogP contribution in [0.3, 0.4) is 0 Å². The Morgan fingerprint density at radius 2 is 2.00 bits per heavy atom. The molecule has 0 radical (unpaired) electrons. The smallest absolute Gasteiger partial charge is 0.383 e. The SMILES string of the molecule is NC1=NC(N)([C@@H]2CCCc3ccccc32)NC=C1C(F)(F)F. The van der Waals surface area contributed by atoms with Gasteiger partial charge in [0, 0.05) is 12.1 Å². The summed E-state index contributed by atoms with van der Waals surface area (Å²) in [6.07, 6.45) is -1.13. The van der Waals surface area contributed by atoms with E-state index in [9.17, 15) is 13.2 Å². The molecule has 1 aromatic rings. The Morgan fingerprint density at radius 1 is 1.27 bits per heavy atom. The number of nitrogens with one attached hydrogen (secondary N) is 1. The molecule has 118 valence electrons. The molecule has 0 amide bonds. The van der Waals surface area contributed by atoms with Crippen molar-refractivity contribution in [3.05, 3.63) is 47.2 Å². The van der Waals surface area contributed by atoms with Gasteiger partial charge >= 0.3 is 6.18 Å². The predicted molar refractivity (Wildman–Crippen MR) is 77.9 cm³/mol. The fraction of sp³-hybridized carbons (Fsp3) is 0.400. The Bertz CT molecular complexity index is 650. The van der Waals surface area contributed by atoms with Crippen LogP contribution < -0.4 is 16.8 Å². The van der Waals surface area contributed by atoms with Crippen molar-refractivity contribution < 1.29 is 13.2 Å². The van der Waals surface area contributed by atoms with Crippen molar-refractivity contribution >= 4 is 5.84 Å². The lowest BCUT2D eigenvalue weighted by Crippen LogP contribution is -2.58. The molecule has 1 unspecified atom stereocenters. The minimum Gasteiger partial charge on any atom is -0.383 e. The predicted octanol–water partition coefficient (Wildman–Crippen LogP) is 2.13. The fourth-order valence-electron chi connectivity index (χ4n) is 3.17. The minimum atomic E-state index is -4.55. The van der Waals surface area contributed by atoms with Crippen molar-refractivity contribution in [2.45, 2.75) is 37.1 Å². The van der Waals surface area contributed by atoms with E-state index in [2.05, 4.69) is 10.3 Å². The third-order valence-electron chi connectivity index (χ3n) is 4.24. The number of rotatable bonds is 1. The Hall–Kier alpha value is -2.02. The van der Waals surface area contributed by atoms with Crippen molar-refractivity contribution in [1.82, 2.24) is 5.32 Å². The average molecular weight is 310 g/mol. The number of alkyl halides is 3. The highest BCUT2D eigenvalue weighted by molar-refractivity contribution is 5.99. The molecule has 0 aromatic heterocycles. The van der Waals surface area contributed by atoms with Gasteiger partial charge in [0.2, 0.25) is 0 Å². The van der Waals surface area contributed by atoms with Gasteiger partial charge in [-0.1, -0.05) is 24.3 Å². The number of hydrogen-bond donors (Lipinski definition) is 3. The van der Waals surface area contributed by atoms with Crippen LogP contribution in [0.1, 0.15) is 29.9 Å². The maximum absolute atomic E-state index is 12.8. The normalized spacial score (nSPS) is 28.3. The molecule has 5 N–H and O–H groups in total. The number of nitrogens with two attached hydrogens (primary N) is 2. The fourth-order valence-corrected chi connectivity index (χ4v) is 3.17. The molecule has 0 spiro atoms. The Kier molecular flexibility index (Phi) is 3.40. The molecular weight excluding hydrogens is 293 g/mol. The van der Waals surface area contributed by atoms with Crippen LogP contribution in [-0.4, -0.2) is 17.8 Å². The third kappa shape index (κ3) is 2.45. The summed E-state index contributed by atoms with van der Waals surface area (Å²) in [5.74, 6) is -2.14. The molecule has 1 aliphatic heterocycles. The number of halogens is 3. The number of nitrogens with zero attached hydrogens (tertiary/aromatic N) is 1. The van der Waals surface area contributed by atoms with E-state index in [0.717, 1.165) is 36.6 Å². The number of aryl methyl sites for hydroxylation is 1. The van der Waals surface area contributed by atoms with Gasteiger partial charge in [0.15, 0.2) is 5.79 Å². The molecule has 22 heavy (non-hydrogen) atoms. The number of fused-ring (bicyclic) bond motifs is 1. The molecular formula is C15H17F3N4. The Morgan fingerprint density at radius 3 is 2.68 bits per heavy atom. The van der Waals surface area contributed by atoms with Crippen LogP contribution in [0.2, 0.25) is 0 Å². The van der Waals surface area contributed by atoms with Crippen LogP contribution in [0.4, 0.5) is 13.2 Å². The second-order valence-electron chi connectivity index (χ2n) is 5.67. The van der Waals surface area contributed by atoms with Crippen LogP contribution in [0.15, 0.2) is 41.0 Å². The number of aliphatic imine (C=N–C) groups is 1. The lowest BCUT2D eigenvalue weighted by molar-refractivity contribution is -0.0871. The van der Waals surface area contributed by atoms with E-state index in [4.69, 9.17) is 11.5 Å². The zero-order chi connectivity index (χ0) is 16.0. The van der Waals surface area contributed by atoms with Gasteiger partial charge in [0.25, 0.3) is 0 Å². The monoisotopic (exact) mass is 310 g/mol. The van der Waals surface area contributed by atoms with Crippen molar-refractivity contribution in [2.75, 3.05) is 0 Å². The van der Waals surface area contributed by atoms with Crippen LogP contribution in [0.25, 0.3) is 0 Å². The van der Waals surface area contributed by atoms with Crippen molar-refractivity contribution in [1.29, 1.82) is 0 Å². The molecule has 4 nitrogen and oxygen atoms in total. The molecule has 0 fully saturated rings. The highest BCUT2D eigenvalue weighted by Crippen LogP contribution is 2.39. The zero-order valence-electron chi connectivity index (χ0n) is 11.8. The van der Waals surface area contributed by atoms with E-state index in [1.165, 1.54) is 0 Å². The number of amidine groups is 1. The highest BCUT2D eigenvalue weighted by Gasteiger charge is 2.44. The molecule has 2 aliphatic rings.